The summed E-state index contributed by atoms with van der Waals surface area (Å²) in [7, 11) is 3.31. The van der Waals surface area contributed by atoms with Crippen molar-refractivity contribution < 1.29 is 9.59 Å². The first-order valence-electron chi connectivity index (χ1n) is 8.18. The van der Waals surface area contributed by atoms with Crippen LogP contribution in [-0.2, 0) is 4.79 Å². The topological polar surface area (TPSA) is 49.4 Å². The summed E-state index contributed by atoms with van der Waals surface area (Å²) in [6.45, 7) is 3.82. The number of carbonyl (C=O) groups is 2. The van der Waals surface area contributed by atoms with Crippen LogP contribution in [0.25, 0.3) is 11.1 Å². The number of nitrogens with one attached hydrogen (secondary N) is 1. The summed E-state index contributed by atoms with van der Waals surface area (Å²) in [4.78, 5) is 25.9. The Kier molecular flexibility index (Phi) is 6.21. The van der Waals surface area contributed by atoms with Crippen LogP contribution in [0.5, 0.6) is 0 Å². The molecular formula is C20H23ClN2O2. The lowest BCUT2D eigenvalue weighted by Gasteiger charge is -2.24. The second-order valence-corrected chi connectivity index (χ2v) is 6.54. The van der Waals surface area contributed by atoms with Crippen LogP contribution in [0, 0.1) is 6.92 Å². The molecular weight excluding hydrogens is 336 g/mol. The van der Waals surface area contributed by atoms with Crippen molar-refractivity contribution in [2.24, 2.45) is 0 Å². The van der Waals surface area contributed by atoms with Crippen molar-refractivity contribution in [3.05, 3.63) is 58.6 Å². The van der Waals surface area contributed by atoms with Gasteiger partial charge in [0.05, 0.1) is 0 Å². The third-order valence-electron chi connectivity index (χ3n) is 4.43. The molecule has 2 amide bonds. The zero-order valence-corrected chi connectivity index (χ0v) is 15.7. The van der Waals surface area contributed by atoms with Gasteiger partial charge in [-0.2, -0.15) is 0 Å². The molecule has 0 fully saturated rings. The summed E-state index contributed by atoms with van der Waals surface area (Å²) in [5.74, 6) is -0.201. The van der Waals surface area contributed by atoms with Crippen LogP contribution in [0.15, 0.2) is 42.5 Å². The van der Waals surface area contributed by atoms with Gasteiger partial charge in [0.2, 0.25) is 5.91 Å². The summed E-state index contributed by atoms with van der Waals surface area (Å²) >= 11 is 6.21. The Bertz CT molecular complexity index is 789. The molecule has 0 bridgehead atoms. The second kappa shape index (κ2) is 8.17. The predicted octanol–water partition coefficient (Wildman–Crippen LogP) is 3.91. The molecule has 4 nitrogen and oxygen atoms in total. The van der Waals surface area contributed by atoms with Crippen LogP contribution >= 0.6 is 11.6 Å². The van der Waals surface area contributed by atoms with E-state index in [-0.39, 0.29) is 24.3 Å². The molecule has 2 aromatic carbocycles. The van der Waals surface area contributed by atoms with E-state index in [1.165, 1.54) is 0 Å². The first-order valence-corrected chi connectivity index (χ1v) is 8.56. The predicted molar refractivity (Wildman–Crippen MR) is 102 cm³/mol. The van der Waals surface area contributed by atoms with Gasteiger partial charge < -0.3 is 10.2 Å². The third kappa shape index (κ3) is 4.40. The van der Waals surface area contributed by atoms with Crippen LogP contribution in [-0.4, -0.2) is 36.9 Å². The summed E-state index contributed by atoms with van der Waals surface area (Å²) in [5, 5.41) is 3.28. The lowest BCUT2D eigenvalue weighted by atomic mass is 9.98. The van der Waals surface area contributed by atoms with Gasteiger partial charge in [-0.1, -0.05) is 35.9 Å². The fourth-order valence-corrected chi connectivity index (χ4v) is 2.83. The zero-order valence-electron chi connectivity index (χ0n) is 15.0. The minimum atomic E-state index is -0.191. The van der Waals surface area contributed by atoms with Crippen LogP contribution < -0.4 is 5.32 Å². The van der Waals surface area contributed by atoms with Crippen molar-refractivity contribution >= 4 is 23.4 Å². The van der Waals surface area contributed by atoms with Gasteiger partial charge in [0.25, 0.3) is 5.91 Å². The van der Waals surface area contributed by atoms with Gasteiger partial charge in [0, 0.05) is 37.1 Å². The van der Waals surface area contributed by atoms with E-state index >= 15 is 0 Å². The highest BCUT2D eigenvalue weighted by molar-refractivity contribution is 6.31. The summed E-state index contributed by atoms with van der Waals surface area (Å²) in [6.07, 6.45) is 0.270. The highest BCUT2D eigenvalue weighted by Gasteiger charge is 2.20. The normalized spacial score (nSPS) is 11.7. The fourth-order valence-electron chi connectivity index (χ4n) is 2.65. The van der Waals surface area contributed by atoms with Crippen molar-refractivity contribution in [1.29, 1.82) is 0 Å². The smallest absolute Gasteiger partial charge is 0.253 e. The summed E-state index contributed by atoms with van der Waals surface area (Å²) < 4.78 is 0. The largest absolute Gasteiger partial charge is 0.359 e. The van der Waals surface area contributed by atoms with Gasteiger partial charge in [-0.25, -0.2) is 0 Å². The number of carbonyl (C=O) groups excluding carboxylic acids is 2. The quantitative estimate of drug-likeness (QED) is 0.880. The molecule has 0 aliphatic rings. The zero-order chi connectivity index (χ0) is 18.6. The van der Waals surface area contributed by atoms with E-state index in [0.717, 1.165) is 16.7 Å². The van der Waals surface area contributed by atoms with E-state index in [9.17, 15) is 9.59 Å². The van der Waals surface area contributed by atoms with Crippen LogP contribution in [0.4, 0.5) is 0 Å². The molecule has 132 valence electrons. The van der Waals surface area contributed by atoms with Gasteiger partial charge >= 0.3 is 0 Å². The van der Waals surface area contributed by atoms with E-state index in [4.69, 9.17) is 11.6 Å². The van der Waals surface area contributed by atoms with Crippen molar-refractivity contribution in [3.8, 4) is 11.1 Å². The molecule has 2 aromatic rings. The second-order valence-electron chi connectivity index (χ2n) is 6.14. The average Bonchev–Trinajstić information content (AvgIpc) is 2.62. The Balaban J connectivity index is 2.27. The number of rotatable bonds is 5. The Hall–Kier alpha value is -2.33. The maximum absolute atomic E-state index is 12.8. The molecule has 1 N–H and O–H groups in total. The van der Waals surface area contributed by atoms with E-state index in [1.54, 1.807) is 25.1 Å². The third-order valence-corrected chi connectivity index (χ3v) is 4.84. The number of hydrogen-bond donors (Lipinski definition) is 1. The lowest BCUT2D eigenvalue weighted by Crippen LogP contribution is -2.38. The molecule has 1 unspecified atom stereocenters. The first kappa shape index (κ1) is 19.0. The number of hydrogen-bond acceptors (Lipinski definition) is 2. The molecule has 0 aliphatic carbocycles. The Morgan fingerprint density at radius 2 is 1.88 bits per heavy atom. The van der Waals surface area contributed by atoms with Crippen LogP contribution in [0.2, 0.25) is 5.02 Å². The number of amides is 2. The maximum Gasteiger partial charge on any atom is 0.253 e. The highest BCUT2D eigenvalue weighted by atomic mass is 35.5. The minimum Gasteiger partial charge on any atom is -0.359 e. The molecule has 5 heteroatoms. The van der Waals surface area contributed by atoms with Gasteiger partial charge in [0.15, 0.2) is 0 Å². The molecule has 25 heavy (non-hydrogen) atoms. The van der Waals surface area contributed by atoms with Gasteiger partial charge in [-0.3, -0.25) is 9.59 Å². The molecule has 1 atom stereocenters. The van der Waals surface area contributed by atoms with Crippen molar-refractivity contribution in [1.82, 2.24) is 10.2 Å². The van der Waals surface area contributed by atoms with E-state index < -0.39 is 0 Å². The average molecular weight is 359 g/mol. The lowest BCUT2D eigenvalue weighted by molar-refractivity contribution is -0.121. The number of nitrogens with zero attached hydrogens (tertiary/aromatic N) is 1. The summed E-state index contributed by atoms with van der Waals surface area (Å²) in [5.41, 5.74) is 3.51. The Labute approximate surface area is 153 Å². The Morgan fingerprint density at radius 1 is 1.20 bits per heavy atom. The van der Waals surface area contributed by atoms with Crippen molar-refractivity contribution in [2.45, 2.75) is 26.3 Å². The SMILES string of the molecule is CNC(=O)CC(C)N(C)C(=O)c1cccc(-c2cccc(Cl)c2C)c1. The molecule has 0 spiro atoms. The van der Waals surface area contributed by atoms with Crippen LogP contribution in [0.3, 0.4) is 0 Å². The van der Waals surface area contributed by atoms with Gasteiger partial charge in [0.1, 0.15) is 0 Å². The van der Waals surface area contributed by atoms with Gasteiger partial charge in [-0.15, -0.1) is 0 Å². The first-order chi connectivity index (χ1) is 11.8. The molecule has 2 rings (SSSR count). The molecule has 0 aliphatic heterocycles. The fraction of sp³-hybridized carbons (Fsp3) is 0.300. The minimum absolute atomic E-state index is 0.0875. The highest BCUT2D eigenvalue weighted by Crippen LogP contribution is 2.29. The number of halogens is 1. The van der Waals surface area contributed by atoms with E-state index in [0.29, 0.717) is 10.6 Å². The molecule has 0 saturated heterocycles. The van der Waals surface area contributed by atoms with Crippen molar-refractivity contribution in [3.63, 3.8) is 0 Å². The summed E-state index contributed by atoms with van der Waals surface area (Å²) in [6, 6.07) is 13.0. The standard InChI is InChI=1S/C20H23ClN2O2/c1-13(11-19(24)22-3)23(4)20(25)16-8-5-7-15(12-16)17-9-6-10-18(21)14(17)2/h5-10,12-13H,11H2,1-4H3,(H,22,24). The van der Waals surface area contributed by atoms with E-state index in [1.807, 2.05) is 50.2 Å². The van der Waals surface area contributed by atoms with Gasteiger partial charge in [-0.05, 0) is 48.7 Å². The molecule has 0 aromatic heterocycles. The molecule has 0 saturated carbocycles. The van der Waals surface area contributed by atoms with Crippen LogP contribution in [0.1, 0.15) is 29.3 Å². The maximum atomic E-state index is 12.8. The number of benzene rings is 2. The molecule has 0 heterocycles. The molecule has 0 radical (unpaired) electrons. The monoisotopic (exact) mass is 358 g/mol. The van der Waals surface area contributed by atoms with E-state index in [2.05, 4.69) is 5.32 Å². The Morgan fingerprint density at radius 3 is 2.56 bits per heavy atom. The van der Waals surface area contributed by atoms with Crippen molar-refractivity contribution in [2.75, 3.05) is 14.1 Å².